The summed E-state index contributed by atoms with van der Waals surface area (Å²) >= 11 is 0. The van der Waals surface area contributed by atoms with E-state index in [1.165, 1.54) is 0 Å². The fourth-order valence-corrected chi connectivity index (χ4v) is 2.72. The SMILES string of the molecule is N#Cc1ccc(C(=O)N2CCN(CCn3cccn3)CC2)cc1. The van der Waals surface area contributed by atoms with Gasteiger partial charge in [0, 0.05) is 50.7 Å². The molecule has 1 aromatic carbocycles. The van der Waals surface area contributed by atoms with Gasteiger partial charge in [-0.15, -0.1) is 0 Å². The van der Waals surface area contributed by atoms with Crippen molar-refractivity contribution >= 4 is 5.91 Å². The molecule has 1 amide bonds. The third-order valence-corrected chi connectivity index (χ3v) is 4.12. The Morgan fingerprint density at radius 2 is 1.87 bits per heavy atom. The second-order valence-corrected chi connectivity index (χ2v) is 5.59. The minimum absolute atomic E-state index is 0.0428. The van der Waals surface area contributed by atoms with E-state index in [9.17, 15) is 4.79 Å². The third-order valence-electron chi connectivity index (χ3n) is 4.12. The van der Waals surface area contributed by atoms with Crippen LogP contribution < -0.4 is 0 Å². The Morgan fingerprint density at radius 1 is 1.13 bits per heavy atom. The number of amides is 1. The summed E-state index contributed by atoms with van der Waals surface area (Å²) in [5, 5.41) is 13.0. The van der Waals surface area contributed by atoms with Gasteiger partial charge >= 0.3 is 0 Å². The molecule has 118 valence electrons. The zero-order chi connectivity index (χ0) is 16.1. The lowest BCUT2D eigenvalue weighted by Gasteiger charge is -2.34. The summed E-state index contributed by atoms with van der Waals surface area (Å²) in [6.45, 7) is 5.04. The highest BCUT2D eigenvalue weighted by Crippen LogP contribution is 2.10. The molecule has 3 rings (SSSR count). The van der Waals surface area contributed by atoms with Gasteiger partial charge in [0.05, 0.1) is 18.2 Å². The van der Waals surface area contributed by atoms with Crippen molar-refractivity contribution in [2.24, 2.45) is 0 Å². The number of piperazine rings is 1. The van der Waals surface area contributed by atoms with E-state index in [4.69, 9.17) is 5.26 Å². The zero-order valence-corrected chi connectivity index (χ0v) is 12.9. The zero-order valence-electron chi connectivity index (χ0n) is 12.9. The minimum atomic E-state index is 0.0428. The molecule has 1 aliphatic rings. The van der Waals surface area contributed by atoms with Crippen LogP contribution in [-0.4, -0.2) is 58.2 Å². The Labute approximate surface area is 135 Å². The van der Waals surface area contributed by atoms with Crippen LogP contribution in [0.5, 0.6) is 0 Å². The second-order valence-electron chi connectivity index (χ2n) is 5.59. The maximum atomic E-state index is 12.5. The molecule has 0 saturated carbocycles. The molecule has 23 heavy (non-hydrogen) atoms. The van der Waals surface area contributed by atoms with Crippen LogP contribution >= 0.6 is 0 Å². The maximum Gasteiger partial charge on any atom is 0.253 e. The van der Waals surface area contributed by atoms with E-state index in [2.05, 4.69) is 16.1 Å². The predicted octanol–water partition coefficient (Wildman–Crippen LogP) is 1.21. The van der Waals surface area contributed by atoms with Gasteiger partial charge in [0.25, 0.3) is 5.91 Å². The second kappa shape index (κ2) is 7.07. The lowest BCUT2D eigenvalue weighted by Crippen LogP contribution is -2.49. The van der Waals surface area contributed by atoms with Crippen LogP contribution in [0.1, 0.15) is 15.9 Å². The number of nitriles is 1. The number of benzene rings is 1. The van der Waals surface area contributed by atoms with Crippen LogP contribution in [0.4, 0.5) is 0 Å². The lowest BCUT2D eigenvalue weighted by molar-refractivity contribution is 0.0632. The first kappa shape index (κ1) is 15.3. The number of aromatic nitrogens is 2. The van der Waals surface area contributed by atoms with E-state index < -0.39 is 0 Å². The van der Waals surface area contributed by atoms with Crippen molar-refractivity contribution in [2.75, 3.05) is 32.7 Å². The van der Waals surface area contributed by atoms with Gasteiger partial charge < -0.3 is 4.90 Å². The van der Waals surface area contributed by atoms with Gasteiger partial charge in [-0.05, 0) is 30.3 Å². The van der Waals surface area contributed by atoms with Gasteiger partial charge in [0.1, 0.15) is 0 Å². The Kier molecular flexibility index (Phi) is 4.69. The molecule has 0 bridgehead atoms. The fourth-order valence-electron chi connectivity index (χ4n) is 2.72. The molecule has 1 fully saturated rings. The molecule has 0 aliphatic carbocycles. The minimum Gasteiger partial charge on any atom is -0.336 e. The smallest absolute Gasteiger partial charge is 0.253 e. The molecular formula is C17H19N5O. The first-order valence-electron chi connectivity index (χ1n) is 7.75. The normalized spacial score (nSPS) is 15.3. The molecule has 1 aromatic heterocycles. The van der Waals surface area contributed by atoms with Crippen molar-refractivity contribution in [2.45, 2.75) is 6.54 Å². The molecule has 1 saturated heterocycles. The molecule has 0 atom stereocenters. The Balaban J connectivity index is 1.49. The van der Waals surface area contributed by atoms with Gasteiger partial charge in [-0.3, -0.25) is 14.4 Å². The Hall–Kier alpha value is -2.65. The average molecular weight is 309 g/mol. The molecule has 6 heteroatoms. The lowest BCUT2D eigenvalue weighted by atomic mass is 10.1. The van der Waals surface area contributed by atoms with Crippen molar-refractivity contribution in [3.63, 3.8) is 0 Å². The first-order valence-corrected chi connectivity index (χ1v) is 7.75. The number of nitrogens with zero attached hydrogens (tertiary/aromatic N) is 5. The van der Waals surface area contributed by atoms with Crippen LogP contribution in [0.2, 0.25) is 0 Å². The molecule has 0 spiro atoms. The summed E-state index contributed by atoms with van der Waals surface area (Å²) < 4.78 is 1.92. The molecule has 1 aliphatic heterocycles. The summed E-state index contributed by atoms with van der Waals surface area (Å²) in [7, 11) is 0. The van der Waals surface area contributed by atoms with E-state index in [0.717, 1.165) is 39.3 Å². The number of carbonyl (C=O) groups is 1. The standard InChI is InChI=1S/C17H19N5O/c18-14-15-2-4-16(5-3-15)17(23)21-11-8-20(9-12-21)10-13-22-7-1-6-19-22/h1-7H,8-13H2. The number of rotatable bonds is 4. The summed E-state index contributed by atoms with van der Waals surface area (Å²) in [6.07, 6.45) is 3.75. The molecule has 2 aromatic rings. The van der Waals surface area contributed by atoms with Gasteiger partial charge in [0.15, 0.2) is 0 Å². The summed E-state index contributed by atoms with van der Waals surface area (Å²) in [5.74, 6) is 0.0428. The topological polar surface area (TPSA) is 65.2 Å². The number of hydrogen-bond acceptors (Lipinski definition) is 4. The molecule has 2 heterocycles. The van der Waals surface area contributed by atoms with E-state index in [-0.39, 0.29) is 5.91 Å². The van der Waals surface area contributed by atoms with Crippen molar-refractivity contribution in [1.82, 2.24) is 19.6 Å². The first-order chi connectivity index (χ1) is 11.3. The van der Waals surface area contributed by atoms with Crippen molar-refractivity contribution in [3.05, 3.63) is 53.9 Å². The van der Waals surface area contributed by atoms with Crippen LogP contribution in [0.15, 0.2) is 42.7 Å². The highest BCUT2D eigenvalue weighted by molar-refractivity contribution is 5.94. The predicted molar refractivity (Wildman–Crippen MR) is 85.7 cm³/mol. The van der Waals surface area contributed by atoms with Gasteiger partial charge in [-0.25, -0.2) is 0 Å². The number of hydrogen-bond donors (Lipinski definition) is 0. The van der Waals surface area contributed by atoms with E-state index in [0.29, 0.717) is 11.1 Å². The van der Waals surface area contributed by atoms with Gasteiger partial charge in [-0.2, -0.15) is 10.4 Å². The van der Waals surface area contributed by atoms with Crippen LogP contribution in [0.3, 0.4) is 0 Å². The molecule has 0 unspecified atom stereocenters. The highest BCUT2D eigenvalue weighted by Gasteiger charge is 2.21. The van der Waals surface area contributed by atoms with Crippen LogP contribution in [-0.2, 0) is 6.54 Å². The summed E-state index contributed by atoms with van der Waals surface area (Å²) in [5.41, 5.74) is 1.22. The maximum absolute atomic E-state index is 12.5. The van der Waals surface area contributed by atoms with Crippen LogP contribution in [0.25, 0.3) is 0 Å². The quantitative estimate of drug-likeness (QED) is 0.851. The Morgan fingerprint density at radius 3 is 2.48 bits per heavy atom. The van der Waals surface area contributed by atoms with Crippen molar-refractivity contribution in [1.29, 1.82) is 5.26 Å². The Bertz CT molecular complexity index is 679. The van der Waals surface area contributed by atoms with E-state index in [1.807, 2.05) is 21.8 Å². The van der Waals surface area contributed by atoms with Gasteiger partial charge in [0.2, 0.25) is 0 Å². The number of carbonyl (C=O) groups excluding carboxylic acids is 1. The molecule has 0 N–H and O–H groups in total. The molecular weight excluding hydrogens is 290 g/mol. The fraction of sp³-hybridized carbons (Fsp3) is 0.353. The average Bonchev–Trinajstić information content (AvgIpc) is 3.13. The third kappa shape index (κ3) is 3.76. The van der Waals surface area contributed by atoms with Crippen molar-refractivity contribution in [3.8, 4) is 6.07 Å². The molecule has 6 nitrogen and oxygen atoms in total. The van der Waals surface area contributed by atoms with Crippen LogP contribution in [0, 0.1) is 11.3 Å². The summed E-state index contributed by atoms with van der Waals surface area (Å²) in [6, 6.07) is 10.8. The largest absolute Gasteiger partial charge is 0.336 e. The highest BCUT2D eigenvalue weighted by atomic mass is 16.2. The monoisotopic (exact) mass is 309 g/mol. The van der Waals surface area contributed by atoms with E-state index >= 15 is 0 Å². The molecule has 0 radical (unpaired) electrons. The van der Waals surface area contributed by atoms with E-state index in [1.54, 1.807) is 30.5 Å². The van der Waals surface area contributed by atoms with Gasteiger partial charge in [-0.1, -0.05) is 0 Å². The van der Waals surface area contributed by atoms with Crippen molar-refractivity contribution < 1.29 is 4.79 Å². The summed E-state index contributed by atoms with van der Waals surface area (Å²) in [4.78, 5) is 16.7.